The highest BCUT2D eigenvalue weighted by Crippen LogP contribution is 2.27. The standard InChI is InChI=1S/C12H22F3N/c1-9(8-12(13,14)15)16-10(2)11-6-4-3-5-7-11/h9-11,16H,3-8H2,1-2H3. The lowest BCUT2D eigenvalue weighted by molar-refractivity contribution is -0.139. The monoisotopic (exact) mass is 237 g/mol. The molecule has 1 nitrogen and oxygen atoms in total. The van der Waals surface area contributed by atoms with Crippen LogP contribution in [0, 0.1) is 5.92 Å². The van der Waals surface area contributed by atoms with Gasteiger partial charge in [-0.2, -0.15) is 13.2 Å². The van der Waals surface area contributed by atoms with Gasteiger partial charge in [-0.25, -0.2) is 0 Å². The van der Waals surface area contributed by atoms with Gasteiger partial charge in [0.1, 0.15) is 0 Å². The molecule has 0 amide bonds. The second kappa shape index (κ2) is 5.89. The number of rotatable bonds is 4. The highest BCUT2D eigenvalue weighted by atomic mass is 19.4. The molecule has 2 unspecified atom stereocenters. The second-order valence-corrected chi connectivity index (χ2v) is 5.07. The minimum Gasteiger partial charge on any atom is -0.311 e. The van der Waals surface area contributed by atoms with Crippen LogP contribution >= 0.6 is 0 Å². The van der Waals surface area contributed by atoms with Crippen molar-refractivity contribution < 1.29 is 13.2 Å². The number of hydrogen-bond donors (Lipinski definition) is 1. The van der Waals surface area contributed by atoms with Crippen LogP contribution in [0.5, 0.6) is 0 Å². The van der Waals surface area contributed by atoms with Crippen LogP contribution in [0.25, 0.3) is 0 Å². The molecule has 0 bridgehead atoms. The van der Waals surface area contributed by atoms with Crippen LogP contribution in [0.1, 0.15) is 52.4 Å². The Balaban J connectivity index is 2.29. The van der Waals surface area contributed by atoms with Gasteiger partial charge in [-0.15, -0.1) is 0 Å². The van der Waals surface area contributed by atoms with E-state index in [0.717, 1.165) is 12.8 Å². The van der Waals surface area contributed by atoms with E-state index >= 15 is 0 Å². The number of hydrogen-bond acceptors (Lipinski definition) is 1. The molecule has 1 aliphatic rings. The molecule has 1 aliphatic carbocycles. The van der Waals surface area contributed by atoms with Crippen LogP contribution in [0.4, 0.5) is 13.2 Å². The molecule has 2 atom stereocenters. The normalized spacial score (nSPS) is 23.1. The summed E-state index contributed by atoms with van der Waals surface area (Å²) in [6.45, 7) is 3.63. The van der Waals surface area contributed by atoms with Crippen LogP contribution in [-0.4, -0.2) is 18.3 Å². The van der Waals surface area contributed by atoms with Crippen molar-refractivity contribution in [3.8, 4) is 0 Å². The molecule has 0 aromatic rings. The minimum absolute atomic E-state index is 0.206. The second-order valence-electron chi connectivity index (χ2n) is 5.07. The molecule has 1 fully saturated rings. The Kier molecular flexibility index (Phi) is 5.09. The molecule has 0 heterocycles. The maximum atomic E-state index is 12.2. The molecule has 0 radical (unpaired) electrons. The average molecular weight is 237 g/mol. The Morgan fingerprint density at radius 1 is 1.12 bits per heavy atom. The van der Waals surface area contributed by atoms with Gasteiger partial charge in [-0.1, -0.05) is 19.3 Å². The molecule has 16 heavy (non-hydrogen) atoms. The average Bonchev–Trinajstić information content (AvgIpc) is 2.16. The quantitative estimate of drug-likeness (QED) is 0.782. The molecule has 1 N–H and O–H groups in total. The highest BCUT2D eigenvalue weighted by Gasteiger charge is 2.31. The van der Waals surface area contributed by atoms with Crippen LogP contribution in [-0.2, 0) is 0 Å². The van der Waals surface area contributed by atoms with Crippen LogP contribution in [0.15, 0.2) is 0 Å². The van der Waals surface area contributed by atoms with Crippen LogP contribution < -0.4 is 5.32 Å². The fourth-order valence-corrected chi connectivity index (χ4v) is 2.63. The van der Waals surface area contributed by atoms with Gasteiger partial charge in [0.05, 0.1) is 6.42 Å². The Morgan fingerprint density at radius 2 is 1.69 bits per heavy atom. The summed E-state index contributed by atoms with van der Waals surface area (Å²) in [6.07, 6.45) is 1.26. The summed E-state index contributed by atoms with van der Waals surface area (Å²) in [4.78, 5) is 0. The van der Waals surface area contributed by atoms with Crippen molar-refractivity contribution in [1.29, 1.82) is 0 Å². The lowest BCUT2D eigenvalue weighted by Crippen LogP contribution is -2.42. The van der Waals surface area contributed by atoms with Gasteiger partial charge in [-0.05, 0) is 32.6 Å². The summed E-state index contributed by atoms with van der Waals surface area (Å²) in [5, 5.41) is 3.09. The van der Waals surface area contributed by atoms with Crippen molar-refractivity contribution >= 4 is 0 Å². The van der Waals surface area contributed by atoms with E-state index in [0.29, 0.717) is 5.92 Å². The van der Waals surface area contributed by atoms with Gasteiger partial charge >= 0.3 is 6.18 Å². The Labute approximate surface area is 95.8 Å². The first kappa shape index (κ1) is 13.8. The zero-order valence-electron chi connectivity index (χ0n) is 10.1. The van der Waals surface area contributed by atoms with Gasteiger partial charge in [-0.3, -0.25) is 0 Å². The Morgan fingerprint density at radius 3 is 2.19 bits per heavy atom. The highest BCUT2D eigenvalue weighted by molar-refractivity contribution is 4.79. The van der Waals surface area contributed by atoms with Gasteiger partial charge in [0, 0.05) is 12.1 Å². The smallest absolute Gasteiger partial charge is 0.311 e. The van der Waals surface area contributed by atoms with Crippen molar-refractivity contribution in [2.45, 2.75) is 70.6 Å². The summed E-state index contributed by atoms with van der Waals surface area (Å²) in [7, 11) is 0. The molecular weight excluding hydrogens is 215 g/mol. The van der Waals surface area contributed by atoms with E-state index in [-0.39, 0.29) is 6.04 Å². The molecule has 0 aromatic carbocycles. The predicted molar refractivity (Wildman–Crippen MR) is 59.3 cm³/mol. The third-order valence-electron chi connectivity index (χ3n) is 3.44. The summed E-state index contributed by atoms with van der Waals surface area (Å²) in [5.74, 6) is 0.560. The maximum absolute atomic E-state index is 12.2. The van der Waals surface area contributed by atoms with Gasteiger partial charge in [0.15, 0.2) is 0 Å². The maximum Gasteiger partial charge on any atom is 0.390 e. The molecule has 0 aromatic heterocycles. The fraction of sp³-hybridized carbons (Fsp3) is 1.00. The SMILES string of the molecule is CC(CC(F)(F)F)NC(C)C1CCCCC1. The van der Waals surface area contributed by atoms with E-state index < -0.39 is 18.6 Å². The third kappa shape index (κ3) is 5.19. The first-order valence-electron chi connectivity index (χ1n) is 6.21. The van der Waals surface area contributed by atoms with E-state index in [1.807, 2.05) is 6.92 Å². The topological polar surface area (TPSA) is 12.0 Å². The lowest BCUT2D eigenvalue weighted by Gasteiger charge is -2.30. The molecule has 1 rings (SSSR count). The van der Waals surface area contributed by atoms with Crippen molar-refractivity contribution in [2.75, 3.05) is 0 Å². The van der Waals surface area contributed by atoms with E-state index in [2.05, 4.69) is 5.32 Å². The van der Waals surface area contributed by atoms with E-state index in [1.54, 1.807) is 6.92 Å². The summed E-state index contributed by atoms with van der Waals surface area (Å²) < 4.78 is 36.5. The van der Waals surface area contributed by atoms with Crippen molar-refractivity contribution in [3.05, 3.63) is 0 Å². The van der Waals surface area contributed by atoms with Gasteiger partial charge in [0.2, 0.25) is 0 Å². The van der Waals surface area contributed by atoms with Gasteiger partial charge < -0.3 is 5.32 Å². The Hall–Kier alpha value is -0.250. The summed E-state index contributed by atoms with van der Waals surface area (Å²) >= 11 is 0. The zero-order valence-corrected chi connectivity index (χ0v) is 10.1. The predicted octanol–water partition coefficient (Wildman–Crippen LogP) is 3.89. The van der Waals surface area contributed by atoms with E-state index in [1.165, 1.54) is 19.3 Å². The largest absolute Gasteiger partial charge is 0.390 e. The van der Waals surface area contributed by atoms with Crippen molar-refractivity contribution in [2.24, 2.45) is 5.92 Å². The molecule has 0 aliphatic heterocycles. The Bertz CT molecular complexity index is 197. The molecule has 4 heteroatoms. The lowest BCUT2D eigenvalue weighted by atomic mass is 9.84. The first-order chi connectivity index (χ1) is 7.38. The van der Waals surface area contributed by atoms with Crippen LogP contribution in [0.3, 0.4) is 0 Å². The molecule has 0 saturated heterocycles. The molecule has 0 spiro atoms. The number of halogens is 3. The molecule has 1 saturated carbocycles. The van der Waals surface area contributed by atoms with Crippen molar-refractivity contribution in [1.82, 2.24) is 5.32 Å². The summed E-state index contributed by atoms with van der Waals surface area (Å²) in [6, 6.07) is -0.269. The molecule has 96 valence electrons. The molecular formula is C12H22F3N. The zero-order chi connectivity index (χ0) is 12.2. The number of alkyl halides is 3. The first-order valence-corrected chi connectivity index (χ1v) is 6.21. The van der Waals surface area contributed by atoms with E-state index in [4.69, 9.17) is 0 Å². The fourth-order valence-electron chi connectivity index (χ4n) is 2.63. The number of nitrogens with one attached hydrogen (secondary N) is 1. The summed E-state index contributed by atoms with van der Waals surface area (Å²) in [5.41, 5.74) is 0. The van der Waals surface area contributed by atoms with E-state index in [9.17, 15) is 13.2 Å². The van der Waals surface area contributed by atoms with Gasteiger partial charge in [0.25, 0.3) is 0 Å². The third-order valence-corrected chi connectivity index (χ3v) is 3.44. The minimum atomic E-state index is -4.06. The van der Waals surface area contributed by atoms with Crippen LogP contribution in [0.2, 0.25) is 0 Å². The van der Waals surface area contributed by atoms with Crippen molar-refractivity contribution in [3.63, 3.8) is 0 Å².